The van der Waals surface area contributed by atoms with Crippen molar-refractivity contribution < 1.29 is 4.79 Å². The van der Waals surface area contributed by atoms with Crippen molar-refractivity contribution in [3.05, 3.63) is 0 Å². The van der Waals surface area contributed by atoms with Gasteiger partial charge < -0.3 is 10.6 Å². The van der Waals surface area contributed by atoms with Gasteiger partial charge in [-0.25, -0.2) is 0 Å². The lowest BCUT2D eigenvalue weighted by atomic mass is 9.86. The lowest BCUT2D eigenvalue weighted by Gasteiger charge is -2.32. The number of carbonyl (C=O) groups is 1. The average molecular weight is 282 g/mol. The predicted octanol–water partition coefficient (Wildman–Crippen LogP) is 2.87. The maximum atomic E-state index is 12.3. The summed E-state index contributed by atoms with van der Waals surface area (Å²) < 4.78 is 0. The summed E-state index contributed by atoms with van der Waals surface area (Å²) in [6, 6.07) is 0. The Bertz CT molecular complexity index is 326. The van der Waals surface area contributed by atoms with Crippen LogP contribution < -0.4 is 5.73 Å². The predicted molar refractivity (Wildman–Crippen MR) is 81.9 cm³/mol. The second-order valence-electron chi connectivity index (χ2n) is 6.12. The minimum Gasteiger partial charge on any atom is -0.393 e. The lowest BCUT2D eigenvalue weighted by molar-refractivity contribution is -0.132. The molecule has 1 heterocycles. The van der Waals surface area contributed by atoms with Crippen LogP contribution in [0.3, 0.4) is 0 Å². The number of amides is 1. The zero-order valence-electron chi connectivity index (χ0n) is 11.8. The molecule has 2 rings (SSSR count). The van der Waals surface area contributed by atoms with Crippen LogP contribution in [0.2, 0.25) is 0 Å². The van der Waals surface area contributed by atoms with Gasteiger partial charge >= 0.3 is 0 Å². The van der Waals surface area contributed by atoms with E-state index in [-0.39, 0.29) is 5.92 Å². The molecule has 0 aromatic heterocycles. The third-order valence-corrected chi connectivity index (χ3v) is 5.00. The fourth-order valence-corrected chi connectivity index (χ4v) is 3.59. The largest absolute Gasteiger partial charge is 0.393 e. The van der Waals surface area contributed by atoms with E-state index in [4.69, 9.17) is 18.0 Å². The summed E-state index contributed by atoms with van der Waals surface area (Å²) in [5, 5.41) is 0. The first kappa shape index (κ1) is 14.8. The Balaban J connectivity index is 1.74. The molecule has 4 heteroatoms. The van der Waals surface area contributed by atoms with Crippen molar-refractivity contribution in [1.29, 1.82) is 0 Å². The number of nitrogens with two attached hydrogens (primary N) is 1. The van der Waals surface area contributed by atoms with E-state index < -0.39 is 0 Å². The number of carbonyl (C=O) groups excluding carboxylic acids is 1. The summed E-state index contributed by atoms with van der Waals surface area (Å²) in [5.74, 6) is 1.34. The van der Waals surface area contributed by atoms with Crippen LogP contribution in [0.15, 0.2) is 0 Å². The van der Waals surface area contributed by atoms with Crippen molar-refractivity contribution >= 4 is 23.1 Å². The molecule has 2 aliphatic rings. The molecule has 0 aromatic rings. The Morgan fingerprint density at radius 2 is 1.89 bits per heavy atom. The highest BCUT2D eigenvalue weighted by molar-refractivity contribution is 7.80. The molecule has 1 unspecified atom stereocenters. The number of rotatable bonds is 4. The van der Waals surface area contributed by atoms with Gasteiger partial charge in [0.25, 0.3) is 0 Å². The van der Waals surface area contributed by atoms with Crippen LogP contribution in [0.5, 0.6) is 0 Å². The maximum Gasteiger partial charge on any atom is 0.222 e. The van der Waals surface area contributed by atoms with Crippen molar-refractivity contribution in [2.24, 2.45) is 17.6 Å². The standard InChI is InChI=1S/C15H26N2OS/c16-15(19)13-7-4-10-17(11-13)14(18)9-8-12-5-2-1-3-6-12/h12-13H,1-11H2,(H2,16,19). The number of likely N-dealkylation sites (tertiary alicyclic amines) is 1. The quantitative estimate of drug-likeness (QED) is 0.807. The number of thiocarbonyl (C=S) groups is 1. The Labute approximate surface area is 121 Å². The summed E-state index contributed by atoms with van der Waals surface area (Å²) in [5.41, 5.74) is 5.71. The molecule has 19 heavy (non-hydrogen) atoms. The summed E-state index contributed by atoms with van der Waals surface area (Å²) >= 11 is 5.06. The topological polar surface area (TPSA) is 46.3 Å². The van der Waals surface area contributed by atoms with Crippen molar-refractivity contribution in [2.45, 2.75) is 57.8 Å². The van der Waals surface area contributed by atoms with Crippen LogP contribution in [0, 0.1) is 11.8 Å². The monoisotopic (exact) mass is 282 g/mol. The van der Waals surface area contributed by atoms with E-state index in [1.54, 1.807) is 0 Å². The molecule has 1 aliphatic carbocycles. The molecule has 1 amide bonds. The molecule has 3 nitrogen and oxygen atoms in total. The molecule has 1 aliphatic heterocycles. The minimum absolute atomic E-state index is 0.238. The molecule has 0 bridgehead atoms. The maximum absolute atomic E-state index is 12.3. The molecule has 2 fully saturated rings. The highest BCUT2D eigenvalue weighted by atomic mass is 32.1. The van der Waals surface area contributed by atoms with Crippen molar-refractivity contribution in [3.8, 4) is 0 Å². The number of hydrogen-bond acceptors (Lipinski definition) is 2. The molecular formula is C15H26N2OS. The molecule has 0 radical (unpaired) electrons. The van der Waals surface area contributed by atoms with Gasteiger partial charge in [0.1, 0.15) is 0 Å². The summed E-state index contributed by atoms with van der Waals surface area (Å²) in [4.78, 5) is 14.8. The minimum atomic E-state index is 0.238. The van der Waals surface area contributed by atoms with E-state index in [1.807, 2.05) is 4.90 Å². The van der Waals surface area contributed by atoms with E-state index >= 15 is 0 Å². The summed E-state index contributed by atoms with van der Waals surface area (Å²) in [6.07, 6.45) is 10.6. The van der Waals surface area contributed by atoms with Crippen molar-refractivity contribution in [3.63, 3.8) is 0 Å². The first-order chi connectivity index (χ1) is 9.16. The fourth-order valence-electron chi connectivity index (χ4n) is 3.40. The molecule has 2 N–H and O–H groups in total. The molecule has 0 spiro atoms. The first-order valence-corrected chi connectivity index (χ1v) is 8.14. The second-order valence-corrected chi connectivity index (χ2v) is 6.60. The Kier molecular flexibility index (Phi) is 5.61. The van der Waals surface area contributed by atoms with Gasteiger partial charge in [0.15, 0.2) is 0 Å². The molecular weight excluding hydrogens is 256 g/mol. The van der Waals surface area contributed by atoms with Crippen LogP contribution in [-0.4, -0.2) is 28.9 Å². The Morgan fingerprint density at radius 3 is 2.58 bits per heavy atom. The van der Waals surface area contributed by atoms with Crippen LogP contribution in [0.1, 0.15) is 57.8 Å². The van der Waals surface area contributed by atoms with Gasteiger partial charge in [-0.2, -0.15) is 0 Å². The van der Waals surface area contributed by atoms with Gasteiger partial charge in [0.05, 0.1) is 4.99 Å². The normalized spacial score (nSPS) is 25.3. The lowest BCUT2D eigenvalue weighted by Crippen LogP contribution is -2.43. The Morgan fingerprint density at radius 1 is 1.16 bits per heavy atom. The van der Waals surface area contributed by atoms with E-state index in [0.29, 0.717) is 17.3 Å². The highest BCUT2D eigenvalue weighted by Crippen LogP contribution is 2.28. The molecule has 1 saturated carbocycles. The van der Waals surface area contributed by atoms with Gasteiger partial charge in [-0.05, 0) is 25.2 Å². The highest BCUT2D eigenvalue weighted by Gasteiger charge is 2.25. The second kappa shape index (κ2) is 7.22. The van der Waals surface area contributed by atoms with E-state index in [2.05, 4.69) is 0 Å². The summed E-state index contributed by atoms with van der Waals surface area (Å²) in [7, 11) is 0. The third kappa shape index (κ3) is 4.44. The van der Waals surface area contributed by atoms with Gasteiger partial charge in [-0.1, -0.05) is 44.3 Å². The third-order valence-electron chi connectivity index (χ3n) is 4.67. The van der Waals surface area contributed by atoms with Crippen molar-refractivity contribution in [1.82, 2.24) is 4.90 Å². The van der Waals surface area contributed by atoms with Crippen LogP contribution in [0.25, 0.3) is 0 Å². The zero-order chi connectivity index (χ0) is 13.7. The van der Waals surface area contributed by atoms with Gasteiger partial charge in [-0.15, -0.1) is 0 Å². The fraction of sp³-hybridized carbons (Fsp3) is 0.867. The number of hydrogen-bond donors (Lipinski definition) is 1. The van der Waals surface area contributed by atoms with Crippen LogP contribution >= 0.6 is 12.2 Å². The summed E-state index contributed by atoms with van der Waals surface area (Å²) in [6.45, 7) is 1.64. The van der Waals surface area contributed by atoms with Gasteiger partial charge in [0, 0.05) is 25.4 Å². The van der Waals surface area contributed by atoms with Crippen LogP contribution in [0.4, 0.5) is 0 Å². The van der Waals surface area contributed by atoms with Crippen molar-refractivity contribution in [2.75, 3.05) is 13.1 Å². The smallest absolute Gasteiger partial charge is 0.222 e. The van der Waals surface area contributed by atoms with E-state index in [0.717, 1.165) is 38.3 Å². The van der Waals surface area contributed by atoms with Gasteiger partial charge in [0.2, 0.25) is 5.91 Å². The number of nitrogens with zero attached hydrogens (tertiary/aromatic N) is 1. The molecule has 1 atom stereocenters. The van der Waals surface area contributed by atoms with Gasteiger partial charge in [-0.3, -0.25) is 4.79 Å². The molecule has 1 saturated heterocycles. The SMILES string of the molecule is NC(=S)C1CCCN(C(=O)CCC2CCCCC2)C1. The molecule has 108 valence electrons. The van der Waals surface area contributed by atoms with Crippen LogP contribution in [-0.2, 0) is 4.79 Å². The Hall–Kier alpha value is -0.640. The van der Waals surface area contributed by atoms with E-state index in [9.17, 15) is 4.79 Å². The first-order valence-electron chi connectivity index (χ1n) is 7.74. The number of piperidine rings is 1. The van der Waals surface area contributed by atoms with E-state index in [1.165, 1.54) is 32.1 Å². The average Bonchev–Trinajstić information content (AvgIpc) is 2.46. The molecule has 0 aromatic carbocycles. The zero-order valence-corrected chi connectivity index (χ0v) is 12.6.